The molecule has 0 unspecified atom stereocenters. The molecule has 2 aromatic rings. The second kappa shape index (κ2) is 9.28. The van der Waals surface area contributed by atoms with Crippen molar-refractivity contribution < 1.29 is 14.3 Å². The zero-order valence-corrected chi connectivity index (χ0v) is 18.4. The highest BCUT2D eigenvalue weighted by atomic mass is 16.7. The Balaban J connectivity index is 1.88. The molecular weight excluding hydrogens is 400 g/mol. The van der Waals surface area contributed by atoms with Gasteiger partial charge in [-0.1, -0.05) is 33.8 Å². The smallest absolute Gasteiger partial charge is 0.330 e. The van der Waals surface area contributed by atoms with Crippen molar-refractivity contribution >= 4 is 17.4 Å². The fourth-order valence-corrected chi connectivity index (χ4v) is 3.55. The second-order valence-electron chi connectivity index (χ2n) is 8.58. The molecule has 1 aromatic carbocycles. The minimum absolute atomic E-state index is 0.0135. The molecule has 31 heavy (non-hydrogen) atoms. The van der Waals surface area contributed by atoms with E-state index in [9.17, 15) is 14.4 Å². The summed E-state index contributed by atoms with van der Waals surface area (Å²) in [5.41, 5.74) is 5.97. The maximum absolute atomic E-state index is 13.2. The van der Waals surface area contributed by atoms with Crippen molar-refractivity contribution in [3.8, 4) is 11.5 Å². The molecule has 0 saturated carbocycles. The molecule has 0 fully saturated rings. The van der Waals surface area contributed by atoms with Gasteiger partial charge in [-0.15, -0.1) is 0 Å². The van der Waals surface area contributed by atoms with Crippen LogP contribution in [0.5, 0.6) is 11.5 Å². The Kier molecular flexibility index (Phi) is 6.72. The summed E-state index contributed by atoms with van der Waals surface area (Å²) in [4.78, 5) is 41.8. The number of aromatic amines is 1. The number of H-pyrrole nitrogens is 1. The van der Waals surface area contributed by atoms with Gasteiger partial charge in [0, 0.05) is 19.5 Å². The van der Waals surface area contributed by atoms with Crippen LogP contribution in [-0.4, -0.2) is 28.8 Å². The molecule has 3 rings (SSSR count). The van der Waals surface area contributed by atoms with Gasteiger partial charge in [-0.05, 0) is 36.0 Å². The second-order valence-corrected chi connectivity index (χ2v) is 8.58. The number of hydrogen-bond donors (Lipinski definition) is 2. The number of aromatic nitrogens is 2. The molecular formula is C22H30N4O5. The van der Waals surface area contributed by atoms with Crippen molar-refractivity contribution in [3.05, 3.63) is 44.6 Å². The molecule has 0 bridgehead atoms. The zero-order chi connectivity index (χ0) is 22.7. The number of ether oxygens (including phenoxy) is 2. The Labute approximate surface area is 180 Å². The van der Waals surface area contributed by atoms with Crippen LogP contribution in [0, 0.1) is 11.8 Å². The van der Waals surface area contributed by atoms with Crippen molar-refractivity contribution in [1.82, 2.24) is 9.55 Å². The molecule has 9 heteroatoms. The number of rotatable bonds is 8. The monoisotopic (exact) mass is 430 g/mol. The summed E-state index contributed by atoms with van der Waals surface area (Å²) in [5, 5.41) is 0. The van der Waals surface area contributed by atoms with Gasteiger partial charge in [0.1, 0.15) is 5.82 Å². The van der Waals surface area contributed by atoms with E-state index in [1.807, 2.05) is 45.9 Å². The van der Waals surface area contributed by atoms with Crippen LogP contribution in [-0.2, 0) is 17.8 Å². The lowest BCUT2D eigenvalue weighted by atomic mass is 10.1. The minimum Gasteiger partial charge on any atom is -0.454 e. The Morgan fingerprint density at radius 1 is 1.16 bits per heavy atom. The molecule has 0 saturated heterocycles. The number of nitrogens with zero attached hydrogens (tertiary/aromatic N) is 2. The molecule has 168 valence electrons. The van der Waals surface area contributed by atoms with Crippen molar-refractivity contribution in [2.24, 2.45) is 11.8 Å². The predicted molar refractivity (Wildman–Crippen MR) is 119 cm³/mol. The van der Waals surface area contributed by atoms with Gasteiger partial charge in [-0.2, -0.15) is 0 Å². The molecule has 0 aliphatic carbocycles. The SMILES string of the molecule is CC(C)CN(C(=O)CCc1ccc2c(c1)OCO2)c1c(N)n(CC(C)C)c(=O)[nH]c1=O. The highest BCUT2D eigenvalue weighted by Gasteiger charge is 2.25. The molecule has 0 atom stereocenters. The lowest BCUT2D eigenvalue weighted by molar-refractivity contribution is -0.118. The Morgan fingerprint density at radius 2 is 1.87 bits per heavy atom. The maximum atomic E-state index is 13.2. The third-order valence-electron chi connectivity index (χ3n) is 4.95. The average molecular weight is 431 g/mol. The Morgan fingerprint density at radius 3 is 2.55 bits per heavy atom. The van der Waals surface area contributed by atoms with Crippen molar-refractivity contribution in [3.63, 3.8) is 0 Å². The predicted octanol–water partition coefficient (Wildman–Crippen LogP) is 2.13. The summed E-state index contributed by atoms with van der Waals surface area (Å²) in [6, 6.07) is 5.56. The zero-order valence-electron chi connectivity index (χ0n) is 18.4. The van der Waals surface area contributed by atoms with Crippen LogP contribution in [0.1, 0.15) is 39.7 Å². The summed E-state index contributed by atoms with van der Waals surface area (Å²) >= 11 is 0. The van der Waals surface area contributed by atoms with Crippen LogP contribution >= 0.6 is 0 Å². The quantitative estimate of drug-likeness (QED) is 0.662. The minimum atomic E-state index is -0.653. The molecule has 1 aromatic heterocycles. The van der Waals surface area contributed by atoms with Crippen LogP contribution in [0.3, 0.4) is 0 Å². The van der Waals surface area contributed by atoms with E-state index in [1.54, 1.807) is 0 Å². The summed E-state index contributed by atoms with van der Waals surface area (Å²) in [6.07, 6.45) is 0.641. The lowest BCUT2D eigenvalue weighted by Crippen LogP contribution is -2.43. The van der Waals surface area contributed by atoms with Crippen molar-refractivity contribution in [2.75, 3.05) is 24.0 Å². The van der Waals surface area contributed by atoms with Gasteiger partial charge in [-0.25, -0.2) is 4.79 Å². The van der Waals surface area contributed by atoms with E-state index in [2.05, 4.69) is 4.98 Å². The maximum Gasteiger partial charge on any atom is 0.330 e. The molecule has 0 spiro atoms. The molecule has 1 aliphatic heterocycles. The van der Waals surface area contributed by atoms with Crippen LogP contribution in [0.2, 0.25) is 0 Å². The molecule has 2 heterocycles. The third kappa shape index (κ3) is 5.10. The number of amides is 1. The summed E-state index contributed by atoms with van der Waals surface area (Å²) < 4.78 is 12.0. The standard InChI is InChI=1S/C22H30N4O5/c1-13(2)10-25(19-20(23)26(11-14(3)4)22(29)24-21(19)28)18(27)8-6-15-5-7-16-17(9-15)31-12-30-16/h5,7,9,13-14H,6,8,10-12,23H2,1-4H3,(H,24,28,29). The first-order valence-corrected chi connectivity index (χ1v) is 10.5. The number of carbonyl (C=O) groups is 1. The van der Waals surface area contributed by atoms with Gasteiger partial charge >= 0.3 is 5.69 Å². The van der Waals surface area contributed by atoms with Gasteiger partial charge in [0.15, 0.2) is 17.2 Å². The van der Waals surface area contributed by atoms with E-state index in [4.69, 9.17) is 15.2 Å². The summed E-state index contributed by atoms with van der Waals surface area (Å²) in [7, 11) is 0. The number of benzene rings is 1. The molecule has 1 amide bonds. The van der Waals surface area contributed by atoms with Gasteiger partial charge in [0.05, 0.1) is 0 Å². The van der Waals surface area contributed by atoms with Gasteiger partial charge in [-0.3, -0.25) is 19.1 Å². The van der Waals surface area contributed by atoms with Crippen LogP contribution in [0.4, 0.5) is 11.5 Å². The first-order chi connectivity index (χ1) is 14.7. The molecule has 1 aliphatic rings. The van der Waals surface area contributed by atoms with Gasteiger partial charge in [0.2, 0.25) is 12.7 Å². The largest absolute Gasteiger partial charge is 0.454 e. The van der Waals surface area contributed by atoms with E-state index >= 15 is 0 Å². The summed E-state index contributed by atoms with van der Waals surface area (Å²) in [6.45, 7) is 8.63. The highest BCUT2D eigenvalue weighted by Crippen LogP contribution is 2.33. The fourth-order valence-electron chi connectivity index (χ4n) is 3.55. The first-order valence-electron chi connectivity index (χ1n) is 10.5. The third-order valence-corrected chi connectivity index (χ3v) is 4.95. The fraction of sp³-hybridized carbons (Fsp3) is 0.500. The number of nitrogens with one attached hydrogen (secondary N) is 1. The lowest BCUT2D eigenvalue weighted by Gasteiger charge is -2.26. The van der Waals surface area contributed by atoms with Crippen LogP contribution in [0.15, 0.2) is 27.8 Å². The van der Waals surface area contributed by atoms with Crippen LogP contribution in [0.25, 0.3) is 0 Å². The molecule has 3 N–H and O–H groups in total. The number of aryl methyl sites for hydroxylation is 1. The number of nitrogens with two attached hydrogens (primary N) is 1. The number of carbonyl (C=O) groups excluding carboxylic acids is 1. The Bertz CT molecular complexity index is 1070. The van der Waals surface area contributed by atoms with Crippen molar-refractivity contribution in [1.29, 1.82) is 0 Å². The van der Waals surface area contributed by atoms with Crippen molar-refractivity contribution in [2.45, 2.75) is 47.1 Å². The number of anilines is 2. The number of hydrogen-bond acceptors (Lipinski definition) is 6. The van der Waals surface area contributed by atoms with E-state index in [0.717, 1.165) is 5.56 Å². The average Bonchev–Trinajstić information content (AvgIpc) is 3.15. The molecule has 9 nitrogen and oxygen atoms in total. The normalized spacial score (nSPS) is 12.6. The van der Waals surface area contributed by atoms with E-state index < -0.39 is 11.2 Å². The number of fused-ring (bicyclic) bond motifs is 1. The highest BCUT2D eigenvalue weighted by molar-refractivity contribution is 5.95. The van der Waals surface area contributed by atoms with Crippen LogP contribution < -0.4 is 31.4 Å². The topological polar surface area (TPSA) is 120 Å². The van der Waals surface area contributed by atoms with E-state index in [-0.39, 0.29) is 42.5 Å². The van der Waals surface area contributed by atoms with E-state index in [1.165, 1.54) is 9.47 Å². The van der Waals surface area contributed by atoms with Gasteiger partial charge in [0.25, 0.3) is 5.56 Å². The summed E-state index contributed by atoms with van der Waals surface area (Å²) in [5.74, 6) is 1.35. The molecule has 0 radical (unpaired) electrons. The van der Waals surface area contributed by atoms with Gasteiger partial charge < -0.3 is 20.1 Å². The van der Waals surface area contributed by atoms with E-state index in [0.29, 0.717) is 31.0 Å². The number of nitrogen functional groups attached to an aromatic ring is 1. The Hall–Kier alpha value is -3.23. The first kappa shape index (κ1) is 22.5.